The lowest BCUT2D eigenvalue weighted by Gasteiger charge is -2.65. The molecule has 434 valence electrons. The summed E-state index contributed by atoms with van der Waals surface area (Å²) in [5, 5.41) is 83.8. The second-order valence-corrected chi connectivity index (χ2v) is 24.0. The molecule has 0 spiro atoms. The summed E-state index contributed by atoms with van der Waals surface area (Å²) in [7, 11) is 0. The number of aliphatic hydroxyl groups is 7. The van der Waals surface area contributed by atoms with Gasteiger partial charge in [0.1, 0.15) is 55.1 Å². The third-order valence-electron chi connectivity index (χ3n) is 19.6. The lowest BCUT2D eigenvalue weighted by Crippen LogP contribution is -2.67. The number of fused-ring (bicyclic) bond motifs is 5. The summed E-state index contributed by atoms with van der Waals surface area (Å²) < 4.78 is 66.9. The van der Waals surface area contributed by atoms with Gasteiger partial charge in [0.05, 0.1) is 54.9 Å². The molecule has 1 aromatic carbocycles. The van der Waals surface area contributed by atoms with Crippen molar-refractivity contribution in [1.82, 2.24) is 0 Å². The van der Waals surface area contributed by atoms with Gasteiger partial charge in [-0.3, -0.25) is 4.79 Å². The van der Waals surface area contributed by atoms with Crippen LogP contribution in [0.3, 0.4) is 0 Å². The largest absolute Gasteiger partial charge is 0.485 e. The van der Waals surface area contributed by atoms with Crippen LogP contribution in [-0.4, -0.2) is 183 Å². The highest BCUT2D eigenvalue weighted by molar-refractivity contribution is 5.85. The molecular formula is C55H79N3O20. The van der Waals surface area contributed by atoms with Gasteiger partial charge in [0.25, 0.3) is 0 Å². The van der Waals surface area contributed by atoms with Crippen LogP contribution in [0.25, 0.3) is 10.4 Å². The number of benzene rings is 1. The van der Waals surface area contributed by atoms with Gasteiger partial charge in [-0.1, -0.05) is 19.0 Å². The molecule has 5 aliphatic heterocycles. The van der Waals surface area contributed by atoms with E-state index >= 15 is 0 Å². The number of esters is 2. The Morgan fingerprint density at radius 1 is 0.756 bits per heavy atom. The van der Waals surface area contributed by atoms with Crippen molar-refractivity contribution in [1.29, 1.82) is 0 Å². The zero-order valence-corrected chi connectivity index (χ0v) is 45.1. The number of carbonyl (C=O) groups excluding carboxylic acids is 2. The lowest BCUT2D eigenvalue weighted by atomic mass is 9.42. The third kappa shape index (κ3) is 10.9. The van der Waals surface area contributed by atoms with Crippen molar-refractivity contribution in [2.75, 3.05) is 13.2 Å². The number of ether oxygens (including phenoxy) is 11. The maximum atomic E-state index is 12.7. The first-order chi connectivity index (χ1) is 37.1. The van der Waals surface area contributed by atoms with E-state index in [-0.39, 0.29) is 66.9 Å². The molecule has 23 nitrogen and oxygen atoms in total. The summed E-state index contributed by atoms with van der Waals surface area (Å²) in [6.07, 6.45) is -11.0. The number of aliphatic hydroxyl groups excluding tert-OH is 6. The molecule has 26 atom stereocenters. The molecule has 23 heteroatoms. The summed E-state index contributed by atoms with van der Waals surface area (Å²) in [6, 6.07) is 5.96. The van der Waals surface area contributed by atoms with Crippen LogP contribution in [0.1, 0.15) is 112 Å². The van der Waals surface area contributed by atoms with Crippen molar-refractivity contribution in [2.24, 2.45) is 39.6 Å². The van der Waals surface area contributed by atoms with Crippen molar-refractivity contribution < 1.29 is 97.4 Å². The molecule has 0 unspecified atom stereocenters. The first-order valence-electron chi connectivity index (χ1n) is 28.0. The van der Waals surface area contributed by atoms with E-state index in [0.717, 1.165) is 37.7 Å². The third-order valence-corrected chi connectivity index (χ3v) is 19.6. The molecular weight excluding hydrogens is 1020 g/mol. The highest BCUT2D eigenvalue weighted by Gasteiger charge is 2.71. The van der Waals surface area contributed by atoms with Crippen molar-refractivity contribution >= 4 is 17.6 Å². The van der Waals surface area contributed by atoms with Crippen LogP contribution in [0.5, 0.6) is 5.75 Å². The minimum absolute atomic E-state index is 0.0182. The van der Waals surface area contributed by atoms with Gasteiger partial charge in [-0.25, -0.2) is 4.79 Å². The standard InChI is InChI=1S/C55H79N3O20/c1-25-48(37(61)20-43(69-25)73-33-13-15-53(5)30(18-33)7-12-35-36(53)19-41(63)54(6)34(14-16-55(35,54)67)29-17-42(64)68-24-29)76-44-21-38(62)49(26(2)70-44)77-45-22-39(72-28(4)60)50(27(3)71-45)78-52-47(66)46(65)51(40(23-59)75-52)74-32-10-8-31(9-11-32)57-58-56/h8-11,17,25-27,30,33-41,43-52,59,61-63,65-67H,7,12-16,18-24H2,1-6H3/t25-,26-,27-,30-,33+,34-,35-,36+,37+,38+,39+,40-,41-,43+,44+,45+,46-,47-,48-,49-,50-,51-,52-,53+,54+,55+/m1/s1. The molecule has 0 bridgehead atoms. The zero-order chi connectivity index (χ0) is 55.6. The van der Waals surface area contributed by atoms with Crippen molar-refractivity contribution in [3.63, 3.8) is 0 Å². The van der Waals surface area contributed by atoms with Crippen LogP contribution in [-0.2, 0) is 57.0 Å². The van der Waals surface area contributed by atoms with Crippen LogP contribution in [0, 0.1) is 34.5 Å². The van der Waals surface area contributed by atoms with Gasteiger partial charge >= 0.3 is 11.9 Å². The van der Waals surface area contributed by atoms with Crippen LogP contribution in [0.2, 0.25) is 0 Å². The number of nitrogens with zero attached hydrogens (tertiary/aromatic N) is 3. The molecule has 0 amide bonds. The van der Waals surface area contributed by atoms with Crippen molar-refractivity contribution in [2.45, 2.75) is 234 Å². The molecule has 4 aliphatic carbocycles. The maximum Gasteiger partial charge on any atom is 0.331 e. The Kier molecular flexibility index (Phi) is 17.0. The minimum Gasteiger partial charge on any atom is -0.485 e. The monoisotopic (exact) mass is 1100 g/mol. The van der Waals surface area contributed by atoms with E-state index in [9.17, 15) is 45.3 Å². The van der Waals surface area contributed by atoms with Gasteiger partial charge in [0.15, 0.2) is 31.3 Å². The van der Waals surface area contributed by atoms with Crippen LogP contribution < -0.4 is 4.74 Å². The molecule has 7 N–H and O–H groups in total. The van der Waals surface area contributed by atoms with Gasteiger partial charge in [-0.05, 0) is 137 Å². The summed E-state index contributed by atoms with van der Waals surface area (Å²) in [4.78, 5) is 27.2. The number of hydrogen-bond donors (Lipinski definition) is 7. The van der Waals surface area contributed by atoms with E-state index in [2.05, 4.69) is 16.9 Å². The average Bonchev–Trinajstić information content (AvgIpc) is 4.06. The van der Waals surface area contributed by atoms with Gasteiger partial charge in [0.2, 0.25) is 0 Å². The number of rotatable bonds is 14. The fourth-order valence-electron chi connectivity index (χ4n) is 15.5. The molecule has 1 aromatic rings. The SMILES string of the molecule is CC(=O)O[C@H]1C[C@H](O[C@H]2[C@@H](O)C[C@H](O[C@H]3[C@@H](O)C[C@H](O[C@H]4CC[C@@]5(C)[C@H](CC[C@@H]6[C@@H]5C[C@@H](O)[C@]5(C)[C@@H](C7=CC(=O)OC7)CC[C@]65O)C4)O[C@@H]3C)O[C@@H]2C)O[C@H](C)[C@H]1O[C@H]1O[C@H](CO)[C@@H](Oc2ccc(N=[N+]=[N-])cc2)[C@H](O)[C@H]1O. The van der Waals surface area contributed by atoms with Gasteiger partial charge < -0.3 is 87.9 Å². The van der Waals surface area contributed by atoms with Crippen molar-refractivity contribution in [3.8, 4) is 5.75 Å². The van der Waals surface area contributed by atoms with Gasteiger partial charge in [0, 0.05) is 48.3 Å². The number of cyclic esters (lactones) is 1. The van der Waals surface area contributed by atoms with Crippen LogP contribution in [0.15, 0.2) is 41.0 Å². The predicted molar refractivity (Wildman–Crippen MR) is 268 cm³/mol. The van der Waals surface area contributed by atoms with E-state index in [0.29, 0.717) is 30.9 Å². The molecule has 9 aliphatic rings. The number of carbonyl (C=O) groups is 2. The molecule has 5 heterocycles. The fraction of sp³-hybridized carbons (Fsp3) is 0.818. The smallest absolute Gasteiger partial charge is 0.331 e. The summed E-state index contributed by atoms with van der Waals surface area (Å²) in [6.45, 7) is 10.3. The van der Waals surface area contributed by atoms with E-state index in [1.165, 1.54) is 31.2 Å². The summed E-state index contributed by atoms with van der Waals surface area (Å²) >= 11 is 0. The van der Waals surface area contributed by atoms with Crippen molar-refractivity contribution in [3.05, 3.63) is 46.4 Å². The normalized spacial score (nSPS) is 48.3. The molecule has 8 fully saturated rings. The Morgan fingerprint density at radius 2 is 1.40 bits per heavy atom. The predicted octanol–water partition coefficient (Wildman–Crippen LogP) is 3.64. The minimum atomic E-state index is -1.69. The van der Waals surface area contributed by atoms with E-state index in [1.807, 2.05) is 6.92 Å². The molecule has 0 radical (unpaired) electrons. The quantitative estimate of drug-likeness (QED) is 0.0460. The molecule has 0 aromatic heterocycles. The Balaban J connectivity index is 0.692. The molecule has 78 heavy (non-hydrogen) atoms. The lowest BCUT2D eigenvalue weighted by molar-refractivity contribution is -0.354. The first-order valence-corrected chi connectivity index (χ1v) is 28.0. The van der Waals surface area contributed by atoms with Gasteiger partial charge in [-0.15, -0.1) is 0 Å². The highest BCUT2D eigenvalue weighted by atomic mass is 16.8. The Labute approximate surface area is 453 Å². The Hall–Kier alpha value is -3.59. The summed E-state index contributed by atoms with van der Waals surface area (Å²) in [5.74, 6) is -0.380. The van der Waals surface area contributed by atoms with E-state index < -0.39 is 134 Å². The Morgan fingerprint density at radius 3 is 2.00 bits per heavy atom. The topological polar surface area (TPSA) is 326 Å². The molecule has 4 saturated carbocycles. The van der Waals surface area contributed by atoms with Crippen LogP contribution in [0.4, 0.5) is 5.69 Å². The Bertz CT molecular complexity index is 2350. The fourth-order valence-corrected chi connectivity index (χ4v) is 15.5. The number of hydrogen-bond acceptors (Lipinski definition) is 21. The second kappa shape index (κ2) is 23.0. The molecule has 10 rings (SSSR count). The zero-order valence-electron chi connectivity index (χ0n) is 45.1. The van der Waals surface area contributed by atoms with Gasteiger partial charge in [-0.2, -0.15) is 0 Å². The first kappa shape index (κ1) is 57.6. The van der Waals surface area contributed by atoms with E-state index in [1.54, 1.807) is 26.8 Å². The maximum absolute atomic E-state index is 12.7. The second-order valence-electron chi connectivity index (χ2n) is 24.0. The highest BCUT2D eigenvalue weighted by Crippen LogP contribution is 2.70. The summed E-state index contributed by atoms with van der Waals surface area (Å²) in [5.41, 5.74) is 7.98. The number of azide groups is 1. The van der Waals surface area contributed by atoms with Crippen LogP contribution >= 0.6 is 0 Å². The average molecular weight is 1100 g/mol. The van der Waals surface area contributed by atoms with E-state index in [4.69, 9.17) is 57.6 Å². The molecule has 4 saturated heterocycles.